The maximum absolute atomic E-state index is 11.2. The van der Waals surface area contributed by atoms with E-state index in [1.165, 1.54) is 6.08 Å². The quantitative estimate of drug-likeness (QED) is 0.378. The number of carbonyl (C=O) groups excluding carboxylic acids is 1. The molecule has 1 aromatic heterocycles. The minimum absolute atomic E-state index is 0.362. The minimum atomic E-state index is -0.555. The first-order valence-corrected chi connectivity index (χ1v) is 9.16. The normalized spacial score (nSPS) is 17.4. The second-order valence-corrected chi connectivity index (χ2v) is 6.73. The number of aromatic nitrogens is 2. The van der Waals surface area contributed by atoms with Gasteiger partial charge in [0.25, 0.3) is 5.91 Å². The predicted octanol–water partition coefficient (Wildman–Crippen LogP) is 3.15. The molecule has 3 N–H and O–H groups in total. The van der Waals surface area contributed by atoms with Crippen LogP contribution >= 0.6 is 0 Å². The van der Waals surface area contributed by atoms with Crippen molar-refractivity contribution in [1.82, 2.24) is 20.3 Å². The molecular weight excluding hydrogens is 340 g/mol. The molecule has 2 aromatic carbocycles. The third kappa shape index (κ3) is 3.63. The zero-order valence-electron chi connectivity index (χ0n) is 14.9. The van der Waals surface area contributed by atoms with Gasteiger partial charge in [-0.2, -0.15) is 0 Å². The van der Waals surface area contributed by atoms with E-state index in [4.69, 9.17) is 10.2 Å². The van der Waals surface area contributed by atoms with Crippen LogP contribution in [0.3, 0.4) is 0 Å². The highest BCUT2D eigenvalue weighted by molar-refractivity contribution is 5.91. The van der Waals surface area contributed by atoms with Crippen molar-refractivity contribution in [1.29, 1.82) is 0 Å². The Morgan fingerprint density at radius 1 is 1.26 bits per heavy atom. The SMILES string of the molecule is O=C(C=Cc1cccc(-c2nc3ccccc3n2[C@@H]2CCCNC2)c1)NO. The topological polar surface area (TPSA) is 79.2 Å². The molecule has 0 radical (unpaired) electrons. The Bertz CT molecular complexity index is 987. The average Bonchev–Trinajstić information content (AvgIpc) is 3.12. The lowest BCUT2D eigenvalue weighted by molar-refractivity contribution is -0.124. The van der Waals surface area contributed by atoms with Gasteiger partial charge in [-0.25, -0.2) is 10.5 Å². The van der Waals surface area contributed by atoms with Gasteiger partial charge in [0, 0.05) is 24.2 Å². The number of para-hydroxylation sites is 2. The van der Waals surface area contributed by atoms with E-state index in [1.54, 1.807) is 11.6 Å². The van der Waals surface area contributed by atoms with Crippen LogP contribution in [0, 0.1) is 0 Å². The lowest BCUT2D eigenvalue weighted by Gasteiger charge is -2.26. The molecule has 27 heavy (non-hydrogen) atoms. The first kappa shape index (κ1) is 17.5. The van der Waals surface area contributed by atoms with Gasteiger partial charge in [0.15, 0.2) is 0 Å². The molecule has 0 unspecified atom stereocenters. The summed E-state index contributed by atoms with van der Waals surface area (Å²) < 4.78 is 2.34. The van der Waals surface area contributed by atoms with Crippen molar-refractivity contribution < 1.29 is 10.0 Å². The number of carbonyl (C=O) groups is 1. The molecule has 3 aromatic rings. The predicted molar refractivity (Wildman–Crippen MR) is 105 cm³/mol. The molecule has 0 spiro atoms. The molecule has 2 heterocycles. The van der Waals surface area contributed by atoms with E-state index in [0.717, 1.165) is 53.9 Å². The van der Waals surface area contributed by atoms with Gasteiger partial charge in [0.05, 0.1) is 11.0 Å². The van der Waals surface area contributed by atoms with Crippen molar-refractivity contribution in [2.75, 3.05) is 13.1 Å². The van der Waals surface area contributed by atoms with Crippen LogP contribution in [-0.4, -0.2) is 33.8 Å². The minimum Gasteiger partial charge on any atom is -0.320 e. The fourth-order valence-electron chi connectivity index (χ4n) is 3.66. The van der Waals surface area contributed by atoms with Crippen molar-refractivity contribution in [2.24, 2.45) is 0 Å². The van der Waals surface area contributed by atoms with Gasteiger partial charge < -0.3 is 9.88 Å². The van der Waals surface area contributed by atoms with Crippen LogP contribution in [0.15, 0.2) is 54.6 Å². The van der Waals surface area contributed by atoms with Crippen LogP contribution in [-0.2, 0) is 4.79 Å². The van der Waals surface area contributed by atoms with Crippen LogP contribution in [0.25, 0.3) is 28.5 Å². The lowest BCUT2D eigenvalue weighted by atomic mass is 10.1. The number of benzene rings is 2. The molecule has 6 heteroatoms. The van der Waals surface area contributed by atoms with E-state index in [2.05, 4.69) is 16.0 Å². The van der Waals surface area contributed by atoms with E-state index < -0.39 is 5.91 Å². The number of amides is 1. The zero-order valence-corrected chi connectivity index (χ0v) is 14.9. The highest BCUT2D eigenvalue weighted by Gasteiger charge is 2.21. The summed E-state index contributed by atoms with van der Waals surface area (Å²) in [7, 11) is 0. The van der Waals surface area contributed by atoms with Crippen molar-refractivity contribution in [3.8, 4) is 11.4 Å². The second-order valence-electron chi connectivity index (χ2n) is 6.73. The average molecular weight is 362 g/mol. The van der Waals surface area contributed by atoms with Gasteiger partial charge in [-0.05, 0) is 49.2 Å². The Balaban J connectivity index is 1.79. The van der Waals surface area contributed by atoms with Gasteiger partial charge in [-0.1, -0.05) is 30.3 Å². The Morgan fingerprint density at radius 2 is 2.15 bits per heavy atom. The van der Waals surface area contributed by atoms with Crippen molar-refractivity contribution >= 4 is 23.0 Å². The number of imidazole rings is 1. The second kappa shape index (κ2) is 7.73. The van der Waals surface area contributed by atoms with Gasteiger partial charge in [-0.15, -0.1) is 0 Å². The summed E-state index contributed by atoms with van der Waals surface area (Å²) in [5, 5.41) is 12.1. The van der Waals surface area contributed by atoms with Gasteiger partial charge in [0.2, 0.25) is 0 Å². The van der Waals surface area contributed by atoms with Crippen molar-refractivity contribution in [2.45, 2.75) is 18.9 Å². The molecule has 1 amide bonds. The molecule has 1 aliphatic rings. The smallest absolute Gasteiger partial charge is 0.267 e. The van der Waals surface area contributed by atoms with Crippen LogP contribution < -0.4 is 10.8 Å². The molecule has 1 saturated heterocycles. The number of rotatable bonds is 4. The highest BCUT2D eigenvalue weighted by Crippen LogP contribution is 2.31. The van der Waals surface area contributed by atoms with E-state index >= 15 is 0 Å². The number of fused-ring (bicyclic) bond motifs is 1. The van der Waals surface area contributed by atoms with Crippen molar-refractivity contribution in [3.63, 3.8) is 0 Å². The summed E-state index contributed by atoms with van der Waals surface area (Å²) >= 11 is 0. The number of piperidine rings is 1. The van der Waals surface area contributed by atoms with E-state index in [1.807, 2.05) is 42.5 Å². The van der Waals surface area contributed by atoms with Crippen LogP contribution in [0.5, 0.6) is 0 Å². The number of hydrogen-bond acceptors (Lipinski definition) is 4. The first-order valence-electron chi connectivity index (χ1n) is 9.16. The van der Waals surface area contributed by atoms with E-state index in [-0.39, 0.29) is 0 Å². The molecule has 1 fully saturated rings. The Labute approximate surface area is 157 Å². The Kier molecular flexibility index (Phi) is 5.00. The summed E-state index contributed by atoms with van der Waals surface area (Å²) in [4.78, 5) is 16.1. The zero-order chi connectivity index (χ0) is 18.6. The molecule has 1 atom stereocenters. The molecule has 4 rings (SSSR count). The van der Waals surface area contributed by atoms with Crippen LogP contribution in [0.4, 0.5) is 0 Å². The fourth-order valence-corrected chi connectivity index (χ4v) is 3.66. The van der Waals surface area contributed by atoms with Gasteiger partial charge >= 0.3 is 0 Å². The third-order valence-electron chi connectivity index (χ3n) is 4.91. The number of nitrogens with one attached hydrogen (secondary N) is 2. The van der Waals surface area contributed by atoms with Crippen LogP contribution in [0.1, 0.15) is 24.4 Å². The van der Waals surface area contributed by atoms with E-state index in [0.29, 0.717) is 6.04 Å². The Hall–Kier alpha value is -2.96. The summed E-state index contributed by atoms with van der Waals surface area (Å²) in [6, 6.07) is 16.5. The van der Waals surface area contributed by atoms with Crippen LogP contribution in [0.2, 0.25) is 0 Å². The Morgan fingerprint density at radius 3 is 2.96 bits per heavy atom. The van der Waals surface area contributed by atoms with E-state index in [9.17, 15) is 4.79 Å². The largest absolute Gasteiger partial charge is 0.320 e. The highest BCUT2D eigenvalue weighted by atomic mass is 16.5. The monoisotopic (exact) mass is 362 g/mol. The number of hydroxylamine groups is 1. The summed E-state index contributed by atoms with van der Waals surface area (Å²) in [5.74, 6) is 0.382. The first-order chi connectivity index (χ1) is 13.3. The molecule has 0 saturated carbocycles. The fraction of sp³-hybridized carbons (Fsp3) is 0.238. The summed E-state index contributed by atoms with van der Waals surface area (Å²) in [5.41, 5.74) is 5.60. The summed E-state index contributed by atoms with van der Waals surface area (Å²) in [6.07, 6.45) is 5.24. The maximum atomic E-state index is 11.2. The molecular formula is C21H22N4O2. The maximum Gasteiger partial charge on any atom is 0.267 e. The molecule has 0 bridgehead atoms. The van der Waals surface area contributed by atoms with Gasteiger partial charge in [0.1, 0.15) is 5.82 Å². The molecule has 0 aliphatic carbocycles. The van der Waals surface area contributed by atoms with Gasteiger partial charge in [-0.3, -0.25) is 10.0 Å². The number of hydrogen-bond donors (Lipinski definition) is 3. The number of nitrogens with zero attached hydrogens (tertiary/aromatic N) is 2. The standard InChI is InChI=1S/C21H22N4O2/c26-20(24-27)11-10-15-5-3-6-16(13-15)21-23-18-8-1-2-9-19(18)25(21)17-7-4-12-22-14-17/h1-3,5-6,8-11,13,17,22,27H,4,7,12,14H2,(H,24,26)/t17-/m1/s1. The third-order valence-corrected chi connectivity index (χ3v) is 4.91. The summed E-state index contributed by atoms with van der Waals surface area (Å²) in [6.45, 7) is 2.00. The lowest BCUT2D eigenvalue weighted by Crippen LogP contribution is -2.31. The molecule has 6 nitrogen and oxygen atoms in total. The molecule has 138 valence electrons. The van der Waals surface area contributed by atoms with Crippen molar-refractivity contribution in [3.05, 3.63) is 60.2 Å². The molecule has 1 aliphatic heterocycles.